The summed E-state index contributed by atoms with van der Waals surface area (Å²) in [7, 11) is 0. The second-order valence-corrected chi connectivity index (χ2v) is 8.05. The fourth-order valence-corrected chi connectivity index (χ4v) is 3.71. The highest BCUT2D eigenvalue weighted by Gasteiger charge is 2.29. The van der Waals surface area contributed by atoms with Crippen LogP contribution in [0.1, 0.15) is 47.1 Å². The third-order valence-electron chi connectivity index (χ3n) is 5.41. The third kappa shape index (κ3) is 5.15. The van der Waals surface area contributed by atoms with E-state index >= 15 is 0 Å². The van der Waals surface area contributed by atoms with E-state index in [0.717, 1.165) is 15.7 Å². The van der Waals surface area contributed by atoms with Gasteiger partial charge < -0.3 is 10.1 Å². The first-order chi connectivity index (χ1) is 15.3. The molecule has 1 heterocycles. The van der Waals surface area contributed by atoms with Crippen LogP contribution in [0.3, 0.4) is 0 Å². The predicted molar refractivity (Wildman–Crippen MR) is 119 cm³/mol. The molecule has 168 valence electrons. The number of nitrogens with one attached hydrogen (secondary N) is 2. The normalized spacial score (nSPS) is 12.0. The molecule has 1 aromatic heterocycles. The van der Waals surface area contributed by atoms with Gasteiger partial charge in [-0.15, -0.1) is 0 Å². The number of H-pyrrole nitrogens is 1. The molecule has 0 aliphatic carbocycles. The lowest BCUT2D eigenvalue weighted by Gasteiger charge is -2.19. The SMILES string of the molecule is CC(C)[C@H](C(=O)NO)n1c(O)c(CCc2ccc(C(=O)Cc3ccccc3)cc2)[nH]c1=O. The van der Waals surface area contributed by atoms with E-state index in [9.17, 15) is 19.5 Å². The number of ketones is 1. The number of aromatic hydroxyl groups is 1. The van der Waals surface area contributed by atoms with Gasteiger partial charge >= 0.3 is 5.69 Å². The minimum absolute atomic E-state index is 0.0312. The zero-order chi connectivity index (χ0) is 23.3. The van der Waals surface area contributed by atoms with E-state index in [-0.39, 0.29) is 17.6 Å². The first kappa shape index (κ1) is 23.0. The van der Waals surface area contributed by atoms with Crippen molar-refractivity contribution in [3.8, 4) is 5.88 Å². The van der Waals surface area contributed by atoms with Gasteiger partial charge in [-0.2, -0.15) is 0 Å². The number of aryl methyl sites for hydroxylation is 2. The van der Waals surface area contributed by atoms with Crippen LogP contribution in [0.15, 0.2) is 59.4 Å². The van der Waals surface area contributed by atoms with Crippen molar-refractivity contribution in [2.75, 3.05) is 0 Å². The van der Waals surface area contributed by atoms with E-state index in [1.807, 2.05) is 42.5 Å². The molecule has 0 unspecified atom stereocenters. The topological polar surface area (TPSA) is 124 Å². The van der Waals surface area contributed by atoms with Gasteiger partial charge in [0.05, 0.1) is 5.69 Å². The smallest absolute Gasteiger partial charge is 0.329 e. The van der Waals surface area contributed by atoms with Crippen LogP contribution in [-0.4, -0.2) is 31.6 Å². The molecule has 32 heavy (non-hydrogen) atoms. The average Bonchev–Trinajstić information content (AvgIpc) is 3.06. The molecule has 0 saturated heterocycles. The Bertz CT molecular complexity index is 1130. The number of carbonyl (C=O) groups excluding carboxylic acids is 2. The van der Waals surface area contributed by atoms with Crippen molar-refractivity contribution >= 4 is 11.7 Å². The maximum atomic E-state index is 12.5. The van der Waals surface area contributed by atoms with E-state index in [4.69, 9.17) is 5.21 Å². The van der Waals surface area contributed by atoms with Gasteiger partial charge in [0.15, 0.2) is 5.78 Å². The number of hydrogen-bond acceptors (Lipinski definition) is 5. The summed E-state index contributed by atoms with van der Waals surface area (Å²) in [5.41, 5.74) is 3.73. The first-order valence-electron chi connectivity index (χ1n) is 10.4. The van der Waals surface area contributed by atoms with Crippen molar-refractivity contribution in [1.82, 2.24) is 15.0 Å². The Kier molecular flexibility index (Phi) is 7.27. The summed E-state index contributed by atoms with van der Waals surface area (Å²) >= 11 is 0. The van der Waals surface area contributed by atoms with Crippen LogP contribution >= 0.6 is 0 Å². The van der Waals surface area contributed by atoms with Gasteiger partial charge in [-0.25, -0.2) is 10.3 Å². The molecular formula is C24H27N3O5. The van der Waals surface area contributed by atoms with Gasteiger partial charge in [0.2, 0.25) is 5.88 Å². The molecule has 0 radical (unpaired) electrons. The van der Waals surface area contributed by atoms with Gasteiger partial charge in [0.25, 0.3) is 5.91 Å². The van der Waals surface area contributed by atoms with Crippen molar-refractivity contribution in [2.24, 2.45) is 5.92 Å². The number of aromatic amines is 1. The lowest BCUT2D eigenvalue weighted by Crippen LogP contribution is -2.37. The van der Waals surface area contributed by atoms with Crippen molar-refractivity contribution in [3.05, 3.63) is 87.5 Å². The van der Waals surface area contributed by atoms with Crippen LogP contribution in [0.5, 0.6) is 5.88 Å². The Morgan fingerprint density at radius 3 is 2.25 bits per heavy atom. The van der Waals surface area contributed by atoms with E-state index in [1.54, 1.807) is 31.5 Å². The van der Waals surface area contributed by atoms with Crippen LogP contribution in [0.25, 0.3) is 0 Å². The van der Waals surface area contributed by atoms with E-state index in [1.165, 1.54) is 0 Å². The second kappa shape index (κ2) is 10.1. The molecule has 1 amide bonds. The largest absolute Gasteiger partial charge is 0.493 e. The monoisotopic (exact) mass is 437 g/mol. The minimum Gasteiger partial charge on any atom is -0.493 e. The van der Waals surface area contributed by atoms with Crippen LogP contribution in [-0.2, 0) is 24.1 Å². The highest BCUT2D eigenvalue weighted by molar-refractivity contribution is 5.97. The molecule has 0 spiro atoms. The molecular weight excluding hydrogens is 410 g/mol. The average molecular weight is 437 g/mol. The highest BCUT2D eigenvalue weighted by Crippen LogP contribution is 2.25. The number of hydrogen-bond donors (Lipinski definition) is 4. The summed E-state index contributed by atoms with van der Waals surface area (Å²) in [5.74, 6) is -1.41. The summed E-state index contributed by atoms with van der Waals surface area (Å²) in [6.07, 6.45) is 1.18. The number of amides is 1. The number of carbonyl (C=O) groups is 2. The van der Waals surface area contributed by atoms with Crippen molar-refractivity contribution in [3.63, 3.8) is 0 Å². The van der Waals surface area contributed by atoms with Crippen LogP contribution in [0.2, 0.25) is 0 Å². The molecule has 4 N–H and O–H groups in total. The zero-order valence-electron chi connectivity index (χ0n) is 18.0. The molecule has 0 fully saturated rings. The van der Waals surface area contributed by atoms with E-state index in [0.29, 0.717) is 30.5 Å². The lowest BCUT2D eigenvalue weighted by atomic mass is 10.0. The maximum absolute atomic E-state index is 12.5. The standard InChI is InChI=1S/C24H27N3O5/c1-15(2)21(22(29)26-32)27-23(30)19(25-24(27)31)13-10-16-8-11-18(12-9-16)20(28)14-17-6-4-3-5-7-17/h3-9,11-12,15,21,30,32H,10,13-14H2,1-2H3,(H,25,31)(H,26,29)/t21-/m1/s1. The number of imidazole rings is 1. The summed E-state index contributed by atoms with van der Waals surface area (Å²) in [6, 6.07) is 15.7. The quantitative estimate of drug-likeness (QED) is 0.233. The van der Waals surface area contributed by atoms with Crippen molar-refractivity contribution in [1.29, 1.82) is 0 Å². The molecule has 0 aliphatic heterocycles. The minimum atomic E-state index is -1.05. The molecule has 3 rings (SSSR count). The Labute approximate surface area is 185 Å². The Hall–Kier alpha value is -3.65. The molecule has 1 atom stereocenters. The molecule has 3 aromatic rings. The molecule has 0 saturated carbocycles. The lowest BCUT2D eigenvalue weighted by molar-refractivity contribution is -0.134. The fraction of sp³-hybridized carbons (Fsp3) is 0.292. The number of aromatic nitrogens is 2. The summed E-state index contributed by atoms with van der Waals surface area (Å²) in [6.45, 7) is 3.41. The predicted octanol–water partition coefficient (Wildman–Crippen LogP) is 2.80. The van der Waals surface area contributed by atoms with Crippen LogP contribution < -0.4 is 11.2 Å². The van der Waals surface area contributed by atoms with Gasteiger partial charge in [0.1, 0.15) is 6.04 Å². The number of hydroxylamine groups is 1. The molecule has 8 nitrogen and oxygen atoms in total. The Morgan fingerprint density at radius 1 is 1.00 bits per heavy atom. The highest BCUT2D eigenvalue weighted by atomic mass is 16.5. The summed E-state index contributed by atoms with van der Waals surface area (Å²) in [4.78, 5) is 39.4. The first-order valence-corrected chi connectivity index (χ1v) is 10.4. The molecule has 2 aromatic carbocycles. The summed E-state index contributed by atoms with van der Waals surface area (Å²) in [5, 5.41) is 19.5. The van der Waals surface area contributed by atoms with E-state index in [2.05, 4.69) is 4.98 Å². The van der Waals surface area contributed by atoms with Crippen molar-refractivity contribution < 1.29 is 19.9 Å². The van der Waals surface area contributed by atoms with Crippen LogP contribution in [0.4, 0.5) is 0 Å². The summed E-state index contributed by atoms with van der Waals surface area (Å²) < 4.78 is 0.955. The fourth-order valence-electron chi connectivity index (χ4n) is 3.71. The molecule has 8 heteroatoms. The van der Waals surface area contributed by atoms with E-state index < -0.39 is 17.6 Å². The van der Waals surface area contributed by atoms with Gasteiger partial charge in [-0.3, -0.25) is 19.4 Å². The van der Waals surface area contributed by atoms with Gasteiger partial charge in [-0.05, 0) is 29.9 Å². The van der Waals surface area contributed by atoms with Crippen molar-refractivity contribution in [2.45, 2.75) is 39.2 Å². The van der Waals surface area contributed by atoms with Gasteiger partial charge in [-0.1, -0.05) is 68.4 Å². The maximum Gasteiger partial charge on any atom is 0.329 e. The Balaban J connectivity index is 1.69. The van der Waals surface area contributed by atoms with Gasteiger partial charge in [0, 0.05) is 12.0 Å². The van der Waals surface area contributed by atoms with Crippen LogP contribution in [0, 0.1) is 5.92 Å². The molecule has 0 aliphatic rings. The zero-order valence-corrected chi connectivity index (χ0v) is 18.0. The number of rotatable bonds is 9. The molecule has 0 bridgehead atoms. The number of nitrogens with zero attached hydrogens (tertiary/aromatic N) is 1. The third-order valence-corrected chi connectivity index (χ3v) is 5.41. The number of benzene rings is 2. The Morgan fingerprint density at radius 2 is 1.66 bits per heavy atom. The number of Topliss-reactive ketones (excluding diaryl/α,β-unsaturated/α-hetero) is 1. The second-order valence-electron chi connectivity index (χ2n) is 8.05.